The van der Waals surface area contributed by atoms with E-state index in [2.05, 4.69) is 15.8 Å². The number of fused-ring (bicyclic) bond motifs is 5. The summed E-state index contributed by atoms with van der Waals surface area (Å²) in [7, 11) is 0. The maximum atomic E-state index is 15.5. The molecule has 5 rings (SSSR count). The highest BCUT2D eigenvalue weighted by molar-refractivity contribution is 6.20. The largest absolute Gasteiger partial charge is 0.390 e. The van der Waals surface area contributed by atoms with E-state index in [4.69, 9.17) is 9.26 Å². The van der Waals surface area contributed by atoms with Crippen molar-refractivity contribution in [2.75, 3.05) is 4.90 Å². The summed E-state index contributed by atoms with van der Waals surface area (Å²) in [5, 5.41) is 18.1. The van der Waals surface area contributed by atoms with Gasteiger partial charge in [0.1, 0.15) is 11.8 Å². The fourth-order valence-corrected chi connectivity index (χ4v) is 4.97. The molecule has 2 aromatic rings. The SMILES string of the molecule is CC1OC(C)C2N(c3cc4onc(CO)c4cc3CC23C(=O)NC(=O)NC3=O)C1F. The average molecular weight is 418 g/mol. The molecule has 1 aromatic heterocycles. The standard InChI is InChI=1S/C19H19FN4O6/c1-7-14-19(16(26)21-18(28)22-17(19)27)5-9-3-10-11(6-25)23-30-13(10)4-12(9)24(14)15(20)8(2)29-7/h3-4,7-8,14-15,25H,5-6H2,1-2H3,(H2,21,22,26,27,28). The molecule has 30 heavy (non-hydrogen) atoms. The third kappa shape index (κ3) is 2.30. The van der Waals surface area contributed by atoms with E-state index in [-0.39, 0.29) is 18.7 Å². The number of nitrogens with zero attached hydrogens (tertiary/aromatic N) is 2. The molecule has 3 N–H and O–H groups in total. The van der Waals surface area contributed by atoms with Crippen molar-refractivity contribution in [3.63, 3.8) is 0 Å². The molecule has 4 unspecified atom stereocenters. The number of carbonyl (C=O) groups is 3. The molecule has 1 spiro atoms. The third-order valence-electron chi connectivity index (χ3n) is 6.24. The maximum absolute atomic E-state index is 15.5. The van der Waals surface area contributed by atoms with E-state index in [1.807, 2.05) is 0 Å². The molecule has 3 aliphatic heterocycles. The van der Waals surface area contributed by atoms with Crippen LogP contribution in [0.15, 0.2) is 16.7 Å². The molecule has 1 aromatic carbocycles. The molecule has 0 aliphatic carbocycles. The predicted octanol–water partition coefficient (Wildman–Crippen LogP) is 0.506. The number of imide groups is 2. The van der Waals surface area contributed by atoms with Crippen molar-refractivity contribution in [2.45, 2.75) is 51.4 Å². The summed E-state index contributed by atoms with van der Waals surface area (Å²) in [6, 6.07) is 1.32. The number of aliphatic hydroxyl groups excluding tert-OH is 1. The number of amides is 4. The summed E-state index contributed by atoms with van der Waals surface area (Å²) in [6.07, 6.45) is -3.26. The highest BCUT2D eigenvalue weighted by atomic mass is 19.1. The van der Waals surface area contributed by atoms with E-state index < -0.39 is 47.8 Å². The number of urea groups is 1. The first kappa shape index (κ1) is 18.9. The molecule has 4 atom stereocenters. The van der Waals surface area contributed by atoms with Crippen LogP contribution in [0.4, 0.5) is 14.9 Å². The molecule has 0 saturated carbocycles. The first-order valence-corrected chi connectivity index (χ1v) is 9.54. The number of benzene rings is 1. The lowest BCUT2D eigenvalue weighted by Crippen LogP contribution is -2.76. The molecule has 2 fully saturated rings. The topological polar surface area (TPSA) is 134 Å². The van der Waals surface area contributed by atoms with E-state index in [9.17, 15) is 19.5 Å². The van der Waals surface area contributed by atoms with Crippen LogP contribution in [0.5, 0.6) is 0 Å². The van der Waals surface area contributed by atoms with Crippen LogP contribution in [0.3, 0.4) is 0 Å². The van der Waals surface area contributed by atoms with Crippen molar-refractivity contribution >= 4 is 34.5 Å². The van der Waals surface area contributed by atoms with Crippen LogP contribution in [0, 0.1) is 5.41 Å². The molecule has 11 heteroatoms. The van der Waals surface area contributed by atoms with E-state index in [1.165, 1.54) is 4.90 Å². The number of aromatic nitrogens is 1. The van der Waals surface area contributed by atoms with Gasteiger partial charge in [0.25, 0.3) is 0 Å². The predicted molar refractivity (Wildman–Crippen MR) is 98.9 cm³/mol. The van der Waals surface area contributed by atoms with Gasteiger partial charge in [0.15, 0.2) is 17.3 Å². The number of aliphatic hydroxyl groups is 1. The van der Waals surface area contributed by atoms with Crippen LogP contribution < -0.4 is 15.5 Å². The van der Waals surface area contributed by atoms with Crippen molar-refractivity contribution in [3.8, 4) is 0 Å². The zero-order valence-electron chi connectivity index (χ0n) is 16.1. The Kier molecular flexibility index (Phi) is 3.93. The minimum absolute atomic E-state index is 0.0881. The Morgan fingerprint density at radius 3 is 2.60 bits per heavy atom. The molecular weight excluding hydrogens is 399 g/mol. The molecule has 0 radical (unpaired) electrons. The van der Waals surface area contributed by atoms with Crippen LogP contribution in [0.1, 0.15) is 25.1 Å². The van der Waals surface area contributed by atoms with Crippen molar-refractivity contribution in [1.29, 1.82) is 0 Å². The maximum Gasteiger partial charge on any atom is 0.328 e. The number of barbiturate groups is 1. The van der Waals surface area contributed by atoms with Gasteiger partial charge in [-0.3, -0.25) is 20.2 Å². The zero-order valence-corrected chi connectivity index (χ0v) is 16.1. The first-order chi connectivity index (χ1) is 14.3. The van der Waals surface area contributed by atoms with E-state index in [0.717, 1.165) is 0 Å². The smallest absolute Gasteiger partial charge is 0.328 e. The van der Waals surface area contributed by atoms with Crippen LogP contribution in [0.2, 0.25) is 0 Å². The monoisotopic (exact) mass is 418 g/mol. The number of hydrogen-bond acceptors (Lipinski definition) is 8. The van der Waals surface area contributed by atoms with E-state index >= 15 is 4.39 Å². The van der Waals surface area contributed by atoms with Gasteiger partial charge in [-0.25, -0.2) is 9.18 Å². The summed E-state index contributed by atoms with van der Waals surface area (Å²) >= 11 is 0. The Morgan fingerprint density at radius 1 is 1.23 bits per heavy atom. The quantitative estimate of drug-likeness (QED) is 0.451. The van der Waals surface area contributed by atoms with Crippen molar-refractivity contribution < 1.29 is 33.1 Å². The van der Waals surface area contributed by atoms with Gasteiger partial charge in [-0.15, -0.1) is 0 Å². The van der Waals surface area contributed by atoms with Gasteiger partial charge in [-0.1, -0.05) is 5.16 Å². The second-order valence-corrected chi connectivity index (χ2v) is 7.92. The molecule has 4 heterocycles. The van der Waals surface area contributed by atoms with E-state index in [0.29, 0.717) is 22.2 Å². The van der Waals surface area contributed by atoms with Gasteiger partial charge in [0, 0.05) is 17.1 Å². The summed E-state index contributed by atoms with van der Waals surface area (Å²) in [5.74, 6) is -1.61. The zero-order chi connectivity index (χ0) is 21.4. The third-order valence-corrected chi connectivity index (χ3v) is 6.24. The molecular formula is C19H19FN4O6. The fraction of sp³-hybridized carbons (Fsp3) is 0.474. The Morgan fingerprint density at radius 2 is 1.93 bits per heavy atom. The Balaban J connectivity index is 1.78. The van der Waals surface area contributed by atoms with Gasteiger partial charge >= 0.3 is 6.03 Å². The summed E-state index contributed by atoms with van der Waals surface area (Å²) < 4.78 is 26.5. The fourth-order valence-electron chi connectivity index (χ4n) is 4.97. The number of hydrogen-bond donors (Lipinski definition) is 3. The molecule has 10 nitrogen and oxygen atoms in total. The summed E-state index contributed by atoms with van der Waals surface area (Å²) in [6.45, 7) is 2.87. The van der Waals surface area contributed by atoms with Crippen LogP contribution in [-0.4, -0.2) is 52.7 Å². The Bertz CT molecular complexity index is 1080. The number of ether oxygens (including phenoxy) is 1. The number of morpholine rings is 1. The molecule has 2 saturated heterocycles. The van der Waals surface area contributed by atoms with Gasteiger partial charge < -0.3 is 19.3 Å². The lowest BCUT2D eigenvalue weighted by molar-refractivity contribution is -0.159. The molecule has 3 aliphatic rings. The van der Waals surface area contributed by atoms with Crippen molar-refractivity contribution in [1.82, 2.24) is 15.8 Å². The second-order valence-electron chi connectivity index (χ2n) is 7.92. The molecule has 0 bridgehead atoms. The molecule has 158 valence electrons. The summed E-state index contributed by atoms with van der Waals surface area (Å²) in [4.78, 5) is 39.2. The van der Waals surface area contributed by atoms with Crippen molar-refractivity contribution in [2.24, 2.45) is 5.41 Å². The summed E-state index contributed by atoms with van der Waals surface area (Å²) in [5.41, 5.74) is -0.197. The van der Waals surface area contributed by atoms with Crippen molar-refractivity contribution in [3.05, 3.63) is 23.4 Å². The van der Waals surface area contributed by atoms with Crippen LogP contribution >= 0.6 is 0 Å². The lowest BCUT2D eigenvalue weighted by atomic mass is 9.66. The van der Waals surface area contributed by atoms with Gasteiger partial charge in [-0.05, 0) is 31.9 Å². The normalized spacial score (nSPS) is 30.1. The Hall–Kier alpha value is -3.05. The number of carbonyl (C=O) groups excluding carboxylic acids is 3. The second kappa shape index (κ2) is 6.22. The van der Waals surface area contributed by atoms with E-state index in [1.54, 1.807) is 26.0 Å². The van der Waals surface area contributed by atoms with Gasteiger partial charge in [-0.2, -0.15) is 0 Å². The highest BCUT2D eigenvalue weighted by Crippen LogP contribution is 2.49. The number of anilines is 1. The number of rotatable bonds is 1. The minimum Gasteiger partial charge on any atom is -0.390 e. The van der Waals surface area contributed by atoms with Gasteiger partial charge in [0.05, 0.1) is 18.8 Å². The van der Waals surface area contributed by atoms with Crippen LogP contribution in [-0.2, 0) is 27.4 Å². The number of alkyl halides is 1. The lowest BCUT2D eigenvalue weighted by Gasteiger charge is -2.56. The highest BCUT2D eigenvalue weighted by Gasteiger charge is 2.64. The Labute approximate surface area is 169 Å². The number of nitrogens with one attached hydrogen (secondary N) is 2. The minimum atomic E-state index is -1.78. The van der Waals surface area contributed by atoms with Crippen LogP contribution in [0.25, 0.3) is 11.0 Å². The number of halogens is 1. The average Bonchev–Trinajstić information content (AvgIpc) is 3.09. The molecule has 4 amide bonds. The van der Waals surface area contributed by atoms with Gasteiger partial charge in [0.2, 0.25) is 11.8 Å². The first-order valence-electron chi connectivity index (χ1n) is 9.54.